The van der Waals surface area contributed by atoms with Crippen molar-refractivity contribution in [2.75, 3.05) is 18.8 Å². The minimum absolute atomic E-state index is 0.0533. The van der Waals surface area contributed by atoms with Crippen LogP contribution in [0.1, 0.15) is 42.7 Å². The maximum Gasteiger partial charge on any atom is 0.243 e. The summed E-state index contributed by atoms with van der Waals surface area (Å²) in [5.74, 6) is 0.638. The Kier molecular flexibility index (Phi) is 9.04. The van der Waals surface area contributed by atoms with E-state index in [1.54, 1.807) is 42.5 Å². The summed E-state index contributed by atoms with van der Waals surface area (Å²) in [5.41, 5.74) is 2.23. The molecular formula is C28H29ClN4O3S2. The van der Waals surface area contributed by atoms with Crippen LogP contribution in [0.15, 0.2) is 88.9 Å². The fraction of sp³-hybridized carbons (Fsp3) is 0.250. The fourth-order valence-corrected chi connectivity index (χ4v) is 6.70. The van der Waals surface area contributed by atoms with E-state index in [-0.39, 0.29) is 22.5 Å². The molecule has 7 nitrogen and oxygen atoms in total. The first-order valence-electron chi connectivity index (χ1n) is 12.3. The maximum absolute atomic E-state index is 13.2. The molecule has 0 aliphatic carbocycles. The van der Waals surface area contributed by atoms with E-state index in [0.29, 0.717) is 40.2 Å². The monoisotopic (exact) mass is 568 g/mol. The van der Waals surface area contributed by atoms with Gasteiger partial charge in [0.2, 0.25) is 10.0 Å². The Balaban J connectivity index is 1.73. The molecular weight excluding hydrogens is 540 g/mol. The van der Waals surface area contributed by atoms with Crippen molar-refractivity contribution in [1.82, 2.24) is 19.1 Å². The minimum atomic E-state index is -3.65. The number of Topliss-reactive ketones (excluding diaryl/α,β-unsaturated/α-hetero) is 1. The van der Waals surface area contributed by atoms with Crippen LogP contribution in [0.2, 0.25) is 5.02 Å². The Hall–Kier alpha value is -2.98. The standard InChI is InChI=1S/C28H29ClN4O3S2/c1-4-32(5-2)38(35,36)25-13-9-12-23(18-25)27-30-31-28(33(27)20(3)21-10-7-6-8-11-21)37-19-26(34)22-14-16-24(29)17-15-22/h6-18,20H,4-5,19H2,1-3H3/t20-/m0/s1. The van der Waals surface area contributed by atoms with Crippen molar-refractivity contribution >= 4 is 39.2 Å². The molecule has 3 aromatic carbocycles. The predicted octanol–water partition coefficient (Wildman–Crippen LogP) is 6.21. The summed E-state index contributed by atoms with van der Waals surface area (Å²) in [6.07, 6.45) is 0. The van der Waals surface area contributed by atoms with Gasteiger partial charge in [0.1, 0.15) is 0 Å². The molecule has 0 fully saturated rings. The van der Waals surface area contributed by atoms with Gasteiger partial charge < -0.3 is 0 Å². The number of benzene rings is 3. The second-order valence-corrected chi connectivity index (χ2v) is 11.9. The maximum atomic E-state index is 13.2. The summed E-state index contributed by atoms with van der Waals surface area (Å²) in [7, 11) is -3.65. The molecule has 1 heterocycles. The molecule has 4 aromatic rings. The number of rotatable bonds is 11. The summed E-state index contributed by atoms with van der Waals surface area (Å²) >= 11 is 7.25. The fourth-order valence-electron chi connectivity index (χ4n) is 4.16. The van der Waals surface area contributed by atoms with Gasteiger partial charge in [0, 0.05) is 29.2 Å². The topological polar surface area (TPSA) is 85.2 Å². The molecule has 0 unspecified atom stereocenters. The van der Waals surface area contributed by atoms with Gasteiger partial charge in [-0.3, -0.25) is 9.36 Å². The summed E-state index contributed by atoms with van der Waals surface area (Å²) in [6.45, 7) is 6.43. The van der Waals surface area contributed by atoms with Gasteiger partial charge in [0.05, 0.1) is 16.7 Å². The van der Waals surface area contributed by atoms with E-state index in [2.05, 4.69) is 10.2 Å². The molecule has 10 heteroatoms. The number of hydrogen-bond acceptors (Lipinski definition) is 6. The van der Waals surface area contributed by atoms with Crippen LogP contribution >= 0.6 is 23.4 Å². The summed E-state index contributed by atoms with van der Waals surface area (Å²) in [4.78, 5) is 13.0. The number of hydrogen-bond donors (Lipinski definition) is 0. The van der Waals surface area contributed by atoms with Crippen molar-refractivity contribution in [2.45, 2.75) is 36.9 Å². The molecule has 0 saturated carbocycles. The normalized spacial score (nSPS) is 12.6. The molecule has 4 rings (SSSR count). The molecule has 0 N–H and O–H groups in total. The number of carbonyl (C=O) groups excluding carboxylic acids is 1. The summed E-state index contributed by atoms with van der Waals surface area (Å²) < 4.78 is 29.8. The van der Waals surface area contributed by atoms with Gasteiger partial charge in [-0.15, -0.1) is 10.2 Å². The Morgan fingerprint density at radius 2 is 1.66 bits per heavy atom. The summed E-state index contributed by atoms with van der Waals surface area (Å²) in [5, 5.41) is 10.0. The Morgan fingerprint density at radius 1 is 0.974 bits per heavy atom. The number of carbonyl (C=O) groups is 1. The lowest BCUT2D eigenvalue weighted by Gasteiger charge is -2.20. The molecule has 0 aliphatic rings. The molecule has 1 atom stereocenters. The average Bonchev–Trinajstić information content (AvgIpc) is 3.36. The molecule has 0 aliphatic heterocycles. The number of sulfonamides is 1. The van der Waals surface area contributed by atoms with Gasteiger partial charge in [-0.2, -0.15) is 4.31 Å². The molecule has 198 valence electrons. The molecule has 0 radical (unpaired) electrons. The number of thioether (sulfide) groups is 1. The van der Waals surface area contributed by atoms with Gasteiger partial charge in [-0.1, -0.05) is 79.7 Å². The first-order valence-corrected chi connectivity index (χ1v) is 15.1. The Bertz CT molecular complexity index is 1500. The van der Waals surface area contributed by atoms with Crippen LogP contribution in [0.4, 0.5) is 0 Å². The van der Waals surface area contributed by atoms with E-state index in [1.807, 2.05) is 61.7 Å². The zero-order chi connectivity index (χ0) is 27.3. The number of aromatic nitrogens is 3. The smallest absolute Gasteiger partial charge is 0.243 e. The highest BCUT2D eigenvalue weighted by atomic mass is 35.5. The van der Waals surface area contributed by atoms with E-state index < -0.39 is 10.0 Å². The van der Waals surface area contributed by atoms with Crippen molar-refractivity contribution in [3.8, 4) is 11.4 Å². The number of nitrogens with zero attached hydrogens (tertiary/aromatic N) is 4. The summed E-state index contributed by atoms with van der Waals surface area (Å²) in [6, 6.07) is 23.3. The number of halogens is 1. The largest absolute Gasteiger partial charge is 0.295 e. The van der Waals surface area contributed by atoms with E-state index >= 15 is 0 Å². The third kappa shape index (κ3) is 6.02. The average molecular weight is 569 g/mol. The van der Waals surface area contributed by atoms with Crippen molar-refractivity contribution in [3.05, 3.63) is 95.0 Å². The lowest BCUT2D eigenvalue weighted by molar-refractivity contribution is 0.102. The highest BCUT2D eigenvalue weighted by molar-refractivity contribution is 7.99. The molecule has 0 saturated heterocycles. The van der Waals surface area contributed by atoms with E-state index in [4.69, 9.17) is 11.6 Å². The quantitative estimate of drug-likeness (QED) is 0.158. The van der Waals surface area contributed by atoms with Crippen LogP contribution in [-0.2, 0) is 10.0 Å². The van der Waals surface area contributed by atoms with Crippen molar-refractivity contribution < 1.29 is 13.2 Å². The molecule has 0 spiro atoms. The predicted molar refractivity (Wildman–Crippen MR) is 152 cm³/mol. The van der Waals surface area contributed by atoms with Crippen LogP contribution in [0.3, 0.4) is 0 Å². The van der Waals surface area contributed by atoms with Crippen LogP contribution in [0.25, 0.3) is 11.4 Å². The van der Waals surface area contributed by atoms with E-state index in [0.717, 1.165) is 5.56 Å². The molecule has 0 bridgehead atoms. The van der Waals surface area contributed by atoms with Gasteiger partial charge in [-0.25, -0.2) is 8.42 Å². The van der Waals surface area contributed by atoms with Crippen molar-refractivity contribution in [3.63, 3.8) is 0 Å². The zero-order valence-corrected chi connectivity index (χ0v) is 23.8. The molecule has 1 aromatic heterocycles. The number of ketones is 1. The van der Waals surface area contributed by atoms with Gasteiger partial charge in [0.15, 0.2) is 16.8 Å². The van der Waals surface area contributed by atoms with Gasteiger partial charge >= 0.3 is 0 Å². The van der Waals surface area contributed by atoms with Crippen molar-refractivity contribution in [1.29, 1.82) is 0 Å². The van der Waals surface area contributed by atoms with Crippen LogP contribution in [0, 0.1) is 0 Å². The lowest BCUT2D eigenvalue weighted by atomic mass is 10.1. The van der Waals surface area contributed by atoms with Crippen LogP contribution in [0.5, 0.6) is 0 Å². The highest BCUT2D eigenvalue weighted by Crippen LogP contribution is 2.32. The Morgan fingerprint density at radius 3 is 2.32 bits per heavy atom. The highest BCUT2D eigenvalue weighted by Gasteiger charge is 2.25. The Labute approximate surface area is 232 Å². The molecule has 0 amide bonds. The molecule has 38 heavy (non-hydrogen) atoms. The van der Waals surface area contributed by atoms with E-state index in [9.17, 15) is 13.2 Å². The first kappa shape index (κ1) is 28.0. The minimum Gasteiger partial charge on any atom is -0.295 e. The van der Waals surface area contributed by atoms with Crippen molar-refractivity contribution in [2.24, 2.45) is 0 Å². The lowest BCUT2D eigenvalue weighted by Crippen LogP contribution is -2.30. The van der Waals surface area contributed by atoms with Crippen LogP contribution < -0.4 is 0 Å². The third-order valence-electron chi connectivity index (χ3n) is 6.27. The van der Waals surface area contributed by atoms with Gasteiger partial charge in [0.25, 0.3) is 0 Å². The second kappa shape index (κ2) is 12.3. The second-order valence-electron chi connectivity index (χ2n) is 8.60. The van der Waals surface area contributed by atoms with Gasteiger partial charge in [-0.05, 0) is 48.9 Å². The first-order chi connectivity index (χ1) is 18.3. The van der Waals surface area contributed by atoms with E-state index in [1.165, 1.54) is 16.1 Å². The SMILES string of the molecule is CCN(CC)S(=O)(=O)c1cccc(-c2nnc(SCC(=O)c3ccc(Cl)cc3)n2[C@@H](C)c2ccccc2)c1. The van der Waals surface area contributed by atoms with Crippen LogP contribution in [-0.4, -0.2) is 52.1 Å². The zero-order valence-electron chi connectivity index (χ0n) is 21.4. The third-order valence-corrected chi connectivity index (χ3v) is 9.51.